The molecule has 0 aromatic heterocycles. The first-order valence-corrected chi connectivity index (χ1v) is 5.46. The van der Waals surface area contributed by atoms with Crippen LogP contribution in [0.25, 0.3) is 0 Å². The van der Waals surface area contributed by atoms with Crippen LogP contribution in [0.2, 0.25) is 0 Å². The molecule has 0 aliphatic carbocycles. The van der Waals surface area contributed by atoms with E-state index in [9.17, 15) is 4.39 Å². The average molecular weight is 208 g/mol. The van der Waals surface area contributed by atoms with Gasteiger partial charge in [-0.15, -0.1) is 0 Å². The fraction of sp³-hybridized carbons (Fsp3) is 0.500. The minimum atomic E-state index is -0.168. The van der Waals surface area contributed by atoms with E-state index in [1.165, 1.54) is 18.9 Å². The molecule has 0 bridgehead atoms. The largest absolute Gasteiger partial charge is 0.373 e. The number of halogens is 1. The van der Waals surface area contributed by atoms with Crippen LogP contribution in [0.4, 0.5) is 10.1 Å². The Hall–Kier alpha value is -1.09. The van der Waals surface area contributed by atoms with Crippen molar-refractivity contribution in [3.8, 4) is 0 Å². The van der Waals surface area contributed by atoms with E-state index in [0.717, 1.165) is 18.8 Å². The van der Waals surface area contributed by atoms with Gasteiger partial charge in [-0.1, -0.05) is 6.07 Å². The molecule has 2 nitrogen and oxygen atoms in total. The summed E-state index contributed by atoms with van der Waals surface area (Å²) in [5.74, 6) is -0.168. The van der Waals surface area contributed by atoms with Crippen LogP contribution in [-0.2, 0) is 0 Å². The number of likely N-dealkylation sites (N-methyl/N-ethyl adjacent to an activating group) is 1. The molecular formula is C12H17FN2. The Morgan fingerprint density at radius 3 is 3.07 bits per heavy atom. The van der Waals surface area contributed by atoms with Crippen molar-refractivity contribution in [2.75, 3.05) is 25.0 Å². The molecule has 82 valence electrons. The van der Waals surface area contributed by atoms with Crippen LogP contribution in [0.5, 0.6) is 0 Å². The monoisotopic (exact) mass is 208 g/mol. The summed E-state index contributed by atoms with van der Waals surface area (Å²) >= 11 is 0. The second-order valence-corrected chi connectivity index (χ2v) is 4.15. The summed E-state index contributed by atoms with van der Waals surface area (Å²) in [5.41, 5.74) is 0.948. The molecule has 1 aliphatic heterocycles. The first kappa shape index (κ1) is 10.4. The number of anilines is 1. The topological polar surface area (TPSA) is 15.3 Å². The van der Waals surface area contributed by atoms with Gasteiger partial charge >= 0.3 is 0 Å². The van der Waals surface area contributed by atoms with Gasteiger partial charge in [-0.3, -0.25) is 0 Å². The molecular weight excluding hydrogens is 191 g/mol. The van der Waals surface area contributed by atoms with E-state index in [2.05, 4.69) is 10.2 Å². The smallest absolute Gasteiger partial charge is 0.125 e. The van der Waals surface area contributed by atoms with Crippen molar-refractivity contribution in [3.05, 3.63) is 30.1 Å². The zero-order valence-electron chi connectivity index (χ0n) is 9.04. The molecule has 0 amide bonds. The Morgan fingerprint density at radius 1 is 1.53 bits per heavy atom. The van der Waals surface area contributed by atoms with E-state index in [1.54, 1.807) is 12.1 Å². The molecule has 1 aromatic rings. The molecule has 15 heavy (non-hydrogen) atoms. The summed E-state index contributed by atoms with van der Waals surface area (Å²) < 4.78 is 13.0. The van der Waals surface area contributed by atoms with Gasteiger partial charge in [-0.05, 0) is 37.6 Å². The van der Waals surface area contributed by atoms with Gasteiger partial charge in [0.2, 0.25) is 0 Å². The number of hydrogen-bond donors (Lipinski definition) is 1. The third-order valence-corrected chi connectivity index (χ3v) is 2.91. The number of rotatable bonds is 3. The summed E-state index contributed by atoms with van der Waals surface area (Å²) in [4.78, 5) is 2.10. The fourth-order valence-electron chi connectivity index (χ4n) is 2.06. The van der Waals surface area contributed by atoms with Crippen LogP contribution in [0.1, 0.15) is 12.8 Å². The normalized spacial score (nSPS) is 20.5. The SMILES string of the molecule is CN(C[C@@H]1CCCN1)c1cccc(F)c1. The minimum Gasteiger partial charge on any atom is -0.373 e. The lowest BCUT2D eigenvalue weighted by atomic mass is 10.2. The summed E-state index contributed by atoms with van der Waals surface area (Å²) in [6, 6.07) is 7.31. The van der Waals surface area contributed by atoms with Gasteiger partial charge in [-0.2, -0.15) is 0 Å². The second kappa shape index (κ2) is 4.62. The van der Waals surface area contributed by atoms with Gasteiger partial charge in [0.05, 0.1) is 0 Å². The van der Waals surface area contributed by atoms with Crippen LogP contribution >= 0.6 is 0 Å². The molecule has 1 N–H and O–H groups in total. The van der Waals surface area contributed by atoms with Gasteiger partial charge < -0.3 is 10.2 Å². The molecule has 3 heteroatoms. The average Bonchev–Trinajstić information content (AvgIpc) is 2.70. The summed E-state index contributed by atoms with van der Waals surface area (Å²) in [6.45, 7) is 2.06. The summed E-state index contributed by atoms with van der Waals surface area (Å²) in [6.07, 6.45) is 2.47. The van der Waals surface area contributed by atoms with Crippen molar-refractivity contribution in [3.63, 3.8) is 0 Å². The van der Waals surface area contributed by atoms with Gasteiger partial charge in [0.15, 0.2) is 0 Å². The van der Waals surface area contributed by atoms with Crippen molar-refractivity contribution in [2.24, 2.45) is 0 Å². The molecule has 0 radical (unpaired) electrons. The molecule has 1 aromatic carbocycles. The van der Waals surface area contributed by atoms with Gasteiger partial charge in [0.1, 0.15) is 5.82 Å². The fourth-order valence-corrected chi connectivity index (χ4v) is 2.06. The van der Waals surface area contributed by atoms with Gasteiger partial charge in [0.25, 0.3) is 0 Å². The Kier molecular flexibility index (Phi) is 3.21. The highest BCUT2D eigenvalue weighted by atomic mass is 19.1. The predicted octanol–water partition coefficient (Wildman–Crippen LogP) is 2.01. The Morgan fingerprint density at radius 2 is 2.40 bits per heavy atom. The Balaban J connectivity index is 1.97. The maximum atomic E-state index is 13.0. The highest BCUT2D eigenvalue weighted by molar-refractivity contribution is 5.45. The molecule has 0 saturated carbocycles. The van der Waals surface area contributed by atoms with E-state index in [1.807, 2.05) is 13.1 Å². The molecule has 1 atom stereocenters. The van der Waals surface area contributed by atoms with Crippen LogP contribution < -0.4 is 10.2 Å². The van der Waals surface area contributed by atoms with Crippen LogP contribution in [0.3, 0.4) is 0 Å². The first-order chi connectivity index (χ1) is 7.25. The van der Waals surface area contributed by atoms with Crippen molar-refractivity contribution >= 4 is 5.69 Å². The van der Waals surface area contributed by atoms with Crippen molar-refractivity contribution in [1.29, 1.82) is 0 Å². The van der Waals surface area contributed by atoms with E-state index in [4.69, 9.17) is 0 Å². The summed E-state index contributed by atoms with van der Waals surface area (Å²) in [7, 11) is 2.01. The molecule has 1 aliphatic rings. The zero-order valence-corrected chi connectivity index (χ0v) is 9.04. The quantitative estimate of drug-likeness (QED) is 0.817. The minimum absolute atomic E-state index is 0.168. The van der Waals surface area contributed by atoms with Crippen molar-refractivity contribution in [2.45, 2.75) is 18.9 Å². The molecule has 1 saturated heterocycles. The third kappa shape index (κ3) is 2.69. The van der Waals surface area contributed by atoms with E-state index >= 15 is 0 Å². The predicted molar refractivity (Wildman–Crippen MR) is 60.7 cm³/mol. The molecule has 0 unspecified atom stereocenters. The van der Waals surface area contributed by atoms with Crippen molar-refractivity contribution < 1.29 is 4.39 Å². The second-order valence-electron chi connectivity index (χ2n) is 4.15. The maximum Gasteiger partial charge on any atom is 0.125 e. The Bertz CT molecular complexity index is 321. The molecule has 1 heterocycles. The van der Waals surface area contributed by atoms with E-state index in [-0.39, 0.29) is 5.82 Å². The van der Waals surface area contributed by atoms with Crippen LogP contribution in [0.15, 0.2) is 24.3 Å². The number of hydrogen-bond acceptors (Lipinski definition) is 2. The highest BCUT2D eigenvalue weighted by Crippen LogP contribution is 2.15. The van der Waals surface area contributed by atoms with Gasteiger partial charge in [-0.25, -0.2) is 4.39 Å². The number of nitrogens with one attached hydrogen (secondary N) is 1. The van der Waals surface area contributed by atoms with E-state index < -0.39 is 0 Å². The molecule has 2 rings (SSSR count). The maximum absolute atomic E-state index is 13.0. The van der Waals surface area contributed by atoms with E-state index in [0.29, 0.717) is 6.04 Å². The number of nitrogens with zero attached hydrogens (tertiary/aromatic N) is 1. The molecule has 1 fully saturated rings. The standard InChI is InChI=1S/C12H17FN2/c1-15(9-11-5-3-7-14-11)12-6-2-4-10(13)8-12/h2,4,6,8,11,14H,3,5,7,9H2,1H3/t11-/m0/s1. The van der Waals surface area contributed by atoms with Gasteiger partial charge in [0, 0.05) is 25.3 Å². The van der Waals surface area contributed by atoms with Crippen LogP contribution in [-0.4, -0.2) is 26.2 Å². The lowest BCUT2D eigenvalue weighted by Gasteiger charge is -2.23. The van der Waals surface area contributed by atoms with Crippen molar-refractivity contribution in [1.82, 2.24) is 5.32 Å². The Labute approximate surface area is 90.1 Å². The lowest BCUT2D eigenvalue weighted by Crippen LogP contribution is -2.35. The zero-order chi connectivity index (χ0) is 10.7. The highest BCUT2D eigenvalue weighted by Gasteiger charge is 2.16. The number of benzene rings is 1. The molecule has 0 spiro atoms. The lowest BCUT2D eigenvalue weighted by molar-refractivity contribution is 0.596. The summed E-state index contributed by atoms with van der Waals surface area (Å²) in [5, 5.41) is 3.44. The first-order valence-electron chi connectivity index (χ1n) is 5.46. The van der Waals surface area contributed by atoms with Crippen LogP contribution in [0, 0.1) is 5.82 Å². The third-order valence-electron chi connectivity index (χ3n) is 2.91.